The van der Waals surface area contributed by atoms with Crippen molar-refractivity contribution in [3.63, 3.8) is 0 Å². The molecule has 1 fully saturated rings. The van der Waals surface area contributed by atoms with Crippen molar-refractivity contribution in [2.45, 2.75) is 18.8 Å². The first-order chi connectivity index (χ1) is 7.74. The van der Waals surface area contributed by atoms with E-state index in [-0.39, 0.29) is 12.2 Å². The van der Waals surface area contributed by atoms with Gasteiger partial charge in [0.2, 0.25) is 5.78 Å². The maximum absolute atomic E-state index is 11.8. The summed E-state index contributed by atoms with van der Waals surface area (Å²) in [7, 11) is 0. The van der Waals surface area contributed by atoms with Gasteiger partial charge in [-0.1, -0.05) is 30.3 Å². The number of rotatable bonds is 1. The van der Waals surface area contributed by atoms with Gasteiger partial charge in [0, 0.05) is 6.42 Å². The quantitative estimate of drug-likeness (QED) is 0.402. The lowest BCUT2D eigenvalue weighted by molar-refractivity contribution is -0.138. The van der Waals surface area contributed by atoms with Crippen LogP contribution in [0.15, 0.2) is 30.3 Å². The highest BCUT2D eigenvalue weighted by Crippen LogP contribution is 2.25. The molecule has 1 aliphatic carbocycles. The molecule has 0 bridgehead atoms. The van der Waals surface area contributed by atoms with E-state index in [1.807, 2.05) is 6.07 Å². The Balaban J connectivity index is 2.46. The molecule has 1 saturated carbocycles. The molecule has 4 heteroatoms. The maximum atomic E-state index is 11.8. The summed E-state index contributed by atoms with van der Waals surface area (Å²) in [6, 6.07) is 8.92. The van der Waals surface area contributed by atoms with Crippen LogP contribution >= 0.6 is 0 Å². The standard InChI is InChI=1S/C12H10N2O2/c13-14-9-6-7-10(15)12(16)11(9)8-4-2-1-3-5-8/h1-5,11H,6-7H2. The number of nitrogens with zero attached hydrogens (tertiary/aromatic N) is 2. The van der Waals surface area contributed by atoms with Crippen LogP contribution in [0.25, 0.3) is 5.53 Å². The summed E-state index contributed by atoms with van der Waals surface area (Å²) in [5.41, 5.74) is 9.92. The number of ketones is 2. The van der Waals surface area contributed by atoms with E-state index in [0.717, 1.165) is 0 Å². The molecular weight excluding hydrogens is 204 g/mol. The second-order valence-corrected chi connectivity index (χ2v) is 3.72. The predicted molar refractivity (Wildman–Crippen MR) is 57.1 cm³/mol. The summed E-state index contributed by atoms with van der Waals surface area (Å²) in [4.78, 5) is 26.2. The minimum atomic E-state index is -0.701. The fourth-order valence-electron chi connectivity index (χ4n) is 1.92. The van der Waals surface area contributed by atoms with Crippen LogP contribution in [0.3, 0.4) is 0 Å². The van der Waals surface area contributed by atoms with Crippen molar-refractivity contribution in [2.75, 3.05) is 0 Å². The molecule has 0 radical (unpaired) electrons. The Bertz CT molecular complexity index is 487. The topological polar surface area (TPSA) is 70.5 Å². The zero-order valence-electron chi connectivity index (χ0n) is 8.59. The number of hydrogen-bond acceptors (Lipinski definition) is 2. The van der Waals surface area contributed by atoms with Crippen LogP contribution in [-0.4, -0.2) is 22.1 Å². The minimum absolute atomic E-state index is 0.140. The summed E-state index contributed by atoms with van der Waals surface area (Å²) in [5.74, 6) is -1.57. The number of hydrogen-bond donors (Lipinski definition) is 0. The van der Waals surface area contributed by atoms with E-state index >= 15 is 0 Å². The Labute approximate surface area is 92.5 Å². The number of Topliss-reactive ketones (excluding diaryl/α,β-unsaturated/α-hetero) is 2. The lowest BCUT2D eigenvalue weighted by Gasteiger charge is -2.15. The molecule has 1 aromatic carbocycles. The van der Waals surface area contributed by atoms with Gasteiger partial charge in [0.25, 0.3) is 5.71 Å². The van der Waals surface area contributed by atoms with Crippen molar-refractivity contribution < 1.29 is 14.4 Å². The predicted octanol–water partition coefficient (Wildman–Crippen LogP) is 1.37. The zero-order chi connectivity index (χ0) is 11.5. The smallest absolute Gasteiger partial charge is 0.284 e. The van der Waals surface area contributed by atoms with Gasteiger partial charge in [-0.3, -0.25) is 9.59 Å². The highest BCUT2D eigenvalue weighted by molar-refractivity contribution is 6.45. The van der Waals surface area contributed by atoms with Crippen LogP contribution in [0.1, 0.15) is 24.3 Å². The molecule has 4 nitrogen and oxygen atoms in total. The Morgan fingerprint density at radius 1 is 1.12 bits per heavy atom. The van der Waals surface area contributed by atoms with Crippen molar-refractivity contribution in [3.8, 4) is 0 Å². The summed E-state index contributed by atoms with van der Waals surface area (Å²) < 4.78 is 0. The fraction of sp³-hybridized carbons (Fsp3) is 0.250. The van der Waals surface area contributed by atoms with Gasteiger partial charge in [0.05, 0.1) is 6.42 Å². The Kier molecular flexibility index (Phi) is 2.75. The maximum Gasteiger partial charge on any atom is 0.284 e. The van der Waals surface area contributed by atoms with Crippen LogP contribution in [0, 0.1) is 0 Å². The van der Waals surface area contributed by atoms with E-state index in [9.17, 15) is 9.59 Å². The van der Waals surface area contributed by atoms with E-state index in [4.69, 9.17) is 5.53 Å². The SMILES string of the molecule is [N-]=[N+]=C1CCC(=O)C(=O)C1c1ccccc1. The van der Waals surface area contributed by atoms with Crippen molar-refractivity contribution in [1.82, 2.24) is 0 Å². The average molecular weight is 214 g/mol. The zero-order valence-corrected chi connectivity index (χ0v) is 8.59. The second kappa shape index (κ2) is 4.21. The molecule has 0 aliphatic heterocycles. The van der Waals surface area contributed by atoms with E-state index < -0.39 is 11.7 Å². The third-order valence-corrected chi connectivity index (χ3v) is 2.74. The van der Waals surface area contributed by atoms with Crippen molar-refractivity contribution in [3.05, 3.63) is 41.4 Å². The molecule has 0 heterocycles. The van der Waals surface area contributed by atoms with Gasteiger partial charge in [0.15, 0.2) is 5.78 Å². The summed E-state index contributed by atoms with van der Waals surface area (Å²) in [6.07, 6.45) is 0.488. The van der Waals surface area contributed by atoms with Gasteiger partial charge >= 0.3 is 0 Å². The third-order valence-electron chi connectivity index (χ3n) is 2.74. The highest BCUT2D eigenvalue weighted by atomic mass is 16.2. The molecule has 16 heavy (non-hydrogen) atoms. The van der Waals surface area contributed by atoms with Gasteiger partial charge in [-0.2, -0.15) is 4.79 Å². The van der Waals surface area contributed by atoms with E-state index in [2.05, 4.69) is 4.79 Å². The van der Waals surface area contributed by atoms with Crippen molar-refractivity contribution in [1.29, 1.82) is 0 Å². The summed E-state index contributed by atoms with van der Waals surface area (Å²) >= 11 is 0. The molecule has 0 amide bonds. The molecule has 0 aromatic heterocycles. The number of carbonyl (C=O) groups excluding carboxylic acids is 2. The molecule has 0 spiro atoms. The fourth-order valence-corrected chi connectivity index (χ4v) is 1.92. The van der Waals surface area contributed by atoms with Gasteiger partial charge in [-0.25, -0.2) is 0 Å². The summed E-state index contributed by atoms with van der Waals surface area (Å²) in [6.45, 7) is 0. The minimum Gasteiger partial charge on any atom is -0.362 e. The van der Waals surface area contributed by atoms with Crippen molar-refractivity contribution >= 4 is 17.3 Å². The van der Waals surface area contributed by atoms with Gasteiger partial charge in [0.1, 0.15) is 5.92 Å². The number of benzene rings is 1. The molecule has 80 valence electrons. The molecule has 1 aromatic rings. The second-order valence-electron chi connectivity index (χ2n) is 3.72. The molecular formula is C12H10N2O2. The van der Waals surface area contributed by atoms with E-state index in [1.165, 1.54) is 0 Å². The Morgan fingerprint density at radius 2 is 1.81 bits per heavy atom. The largest absolute Gasteiger partial charge is 0.362 e. The van der Waals surface area contributed by atoms with E-state index in [1.54, 1.807) is 24.3 Å². The normalized spacial score (nSPS) is 20.8. The van der Waals surface area contributed by atoms with Crippen molar-refractivity contribution in [2.24, 2.45) is 0 Å². The van der Waals surface area contributed by atoms with Gasteiger partial charge in [-0.15, -0.1) is 0 Å². The molecule has 2 rings (SSSR count). The average Bonchev–Trinajstić information content (AvgIpc) is 2.33. The van der Waals surface area contributed by atoms with Gasteiger partial charge in [-0.05, 0) is 5.56 Å². The van der Waals surface area contributed by atoms with Crippen LogP contribution in [-0.2, 0) is 9.59 Å². The van der Waals surface area contributed by atoms with Crippen LogP contribution in [0.2, 0.25) is 0 Å². The Morgan fingerprint density at radius 3 is 2.44 bits per heavy atom. The number of carbonyl (C=O) groups is 2. The summed E-state index contributed by atoms with van der Waals surface area (Å²) in [5, 5.41) is 0. The molecule has 0 saturated heterocycles. The van der Waals surface area contributed by atoms with Gasteiger partial charge < -0.3 is 5.53 Å². The van der Waals surface area contributed by atoms with Crippen LogP contribution < -0.4 is 0 Å². The van der Waals surface area contributed by atoms with Crippen LogP contribution in [0.4, 0.5) is 0 Å². The third kappa shape index (κ3) is 1.71. The highest BCUT2D eigenvalue weighted by Gasteiger charge is 2.40. The Hall–Kier alpha value is -2.06. The molecule has 0 N–H and O–H groups in total. The first-order valence-electron chi connectivity index (χ1n) is 5.07. The monoisotopic (exact) mass is 214 g/mol. The molecule has 1 aliphatic rings. The first-order valence-corrected chi connectivity index (χ1v) is 5.07. The van der Waals surface area contributed by atoms with Crippen LogP contribution in [0.5, 0.6) is 0 Å². The first kappa shape index (κ1) is 10.5. The van der Waals surface area contributed by atoms with E-state index in [0.29, 0.717) is 17.7 Å². The molecule has 1 unspecified atom stereocenters. The lowest BCUT2D eigenvalue weighted by atomic mass is 9.80. The molecule has 1 atom stereocenters. The lowest BCUT2D eigenvalue weighted by Crippen LogP contribution is -2.34.